The van der Waals surface area contributed by atoms with Crippen LogP contribution in [0.25, 0.3) is 12.2 Å². The molecule has 0 radical (unpaired) electrons. The Labute approximate surface area is 161 Å². The third-order valence-corrected chi connectivity index (χ3v) is 5.10. The molecule has 0 aliphatic rings. The van der Waals surface area contributed by atoms with Gasteiger partial charge in [0.15, 0.2) is 5.82 Å². The van der Waals surface area contributed by atoms with Gasteiger partial charge in [0, 0.05) is 0 Å². The van der Waals surface area contributed by atoms with Crippen molar-refractivity contribution in [2.24, 2.45) is 0 Å². The molecule has 0 aliphatic heterocycles. The number of tetrazole rings is 1. The number of rotatable bonds is 7. The monoisotopic (exact) mass is 398 g/mol. The number of nitrogens with one attached hydrogen (secondary N) is 1. The molecule has 10 heteroatoms. The molecule has 28 heavy (non-hydrogen) atoms. The molecule has 1 aromatic heterocycles. The van der Waals surface area contributed by atoms with Gasteiger partial charge in [-0.15, -0.1) is 5.10 Å². The normalized spacial score (nSPS) is 11.4. The Balaban J connectivity index is 1.90. The SMILES string of the molecule is N#CCCn1nnnc1/C=C/c1ccc(F)cc1NS(=O)(=O)c1ccccc1. The van der Waals surface area contributed by atoms with E-state index in [0.717, 1.165) is 6.07 Å². The number of nitriles is 1. The first-order valence-corrected chi connectivity index (χ1v) is 9.66. The standard InChI is InChI=1S/C18H15FN6O2S/c19-15-9-7-14(8-10-18-21-23-24-25(18)12-4-11-20)17(13-15)22-28(26,27)16-5-2-1-3-6-16/h1-3,5-10,13,22H,4,12H2/b10-8+. The molecule has 0 fully saturated rings. The van der Waals surface area contributed by atoms with Crippen LogP contribution >= 0.6 is 0 Å². The average Bonchev–Trinajstić information content (AvgIpc) is 3.13. The maximum absolute atomic E-state index is 13.7. The third-order valence-electron chi connectivity index (χ3n) is 3.72. The van der Waals surface area contributed by atoms with Crippen molar-refractivity contribution in [1.82, 2.24) is 20.2 Å². The second kappa shape index (κ2) is 8.41. The van der Waals surface area contributed by atoms with E-state index in [1.807, 2.05) is 6.07 Å². The van der Waals surface area contributed by atoms with E-state index in [-0.39, 0.29) is 17.0 Å². The molecule has 0 spiro atoms. The lowest BCUT2D eigenvalue weighted by atomic mass is 10.1. The van der Waals surface area contributed by atoms with Gasteiger partial charge in [0.1, 0.15) is 5.82 Å². The second-order valence-electron chi connectivity index (χ2n) is 5.65. The maximum Gasteiger partial charge on any atom is 0.261 e. The molecule has 0 bridgehead atoms. The fraction of sp³-hybridized carbons (Fsp3) is 0.111. The summed E-state index contributed by atoms with van der Waals surface area (Å²) in [7, 11) is -3.88. The van der Waals surface area contributed by atoms with Crippen molar-refractivity contribution in [3.8, 4) is 6.07 Å². The van der Waals surface area contributed by atoms with Crippen LogP contribution in [0.4, 0.5) is 10.1 Å². The van der Waals surface area contributed by atoms with Crippen LogP contribution in [0.3, 0.4) is 0 Å². The van der Waals surface area contributed by atoms with Crippen molar-refractivity contribution in [3.63, 3.8) is 0 Å². The van der Waals surface area contributed by atoms with E-state index in [9.17, 15) is 12.8 Å². The molecule has 2 aromatic carbocycles. The highest BCUT2D eigenvalue weighted by Gasteiger charge is 2.15. The van der Waals surface area contributed by atoms with E-state index in [0.29, 0.717) is 17.9 Å². The summed E-state index contributed by atoms with van der Waals surface area (Å²) in [6, 6.07) is 13.6. The summed E-state index contributed by atoms with van der Waals surface area (Å²) >= 11 is 0. The maximum atomic E-state index is 13.7. The van der Waals surface area contributed by atoms with Crippen LogP contribution in [-0.4, -0.2) is 28.6 Å². The van der Waals surface area contributed by atoms with Gasteiger partial charge in [-0.1, -0.05) is 18.2 Å². The predicted octanol–water partition coefficient (Wildman–Crippen LogP) is 2.70. The number of aromatic nitrogens is 4. The number of benzene rings is 2. The molecule has 0 amide bonds. The Morgan fingerprint density at radius 1 is 1.18 bits per heavy atom. The number of aryl methyl sites for hydroxylation is 1. The lowest BCUT2D eigenvalue weighted by Gasteiger charge is -2.11. The predicted molar refractivity (Wildman–Crippen MR) is 101 cm³/mol. The molecule has 0 saturated heterocycles. The molecule has 142 valence electrons. The van der Waals surface area contributed by atoms with Gasteiger partial charge in [-0.05, 0) is 58.5 Å². The first kappa shape index (κ1) is 19.2. The van der Waals surface area contributed by atoms with E-state index in [4.69, 9.17) is 5.26 Å². The van der Waals surface area contributed by atoms with E-state index < -0.39 is 15.8 Å². The van der Waals surface area contributed by atoms with E-state index in [1.165, 1.54) is 28.9 Å². The quantitative estimate of drug-likeness (QED) is 0.655. The zero-order chi connectivity index (χ0) is 20.0. The van der Waals surface area contributed by atoms with Crippen molar-refractivity contribution < 1.29 is 12.8 Å². The lowest BCUT2D eigenvalue weighted by molar-refractivity contribution is 0.595. The van der Waals surface area contributed by atoms with Crippen LogP contribution in [0.1, 0.15) is 17.8 Å². The van der Waals surface area contributed by atoms with Crippen LogP contribution < -0.4 is 4.72 Å². The van der Waals surface area contributed by atoms with Gasteiger partial charge >= 0.3 is 0 Å². The van der Waals surface area contributed by atoms with Crippen LogP contribution in [0.2, 0.25) is 0 Å². The third kappa shape index (κ3) is 4.57. The van der Waals surface area contributed by atoms with Crippen molar-refractivity contribution in [3.05, 3.63) is 65.7 Å². The van der Waals surface area contributed by atoms with Crippen LogP contribution in [0, 0.1) is 17.1 Å². The highest BCUT2D eigenvalue weighted by molar-refractivity contribution is 7.92. The summed E-state index contributed by atoms with van der Waals surface area (Å²) in [4.78, 5) is 0.0645. The molecule has 0 atom stereocenters. The van der Waals surface area contributed by atoms with Crippen LogP contribution in [0.15, 0.2) is 53.4 Å². The van der Waals surface area contributed by atoms with Crippen molar-refractivity contribution in [2.45, 2.75) is 17.9 Å². The fourth-order valence-corrected chi connectivity index (χ4v) is 3.48. The van der Waals surface area contributed by atoms with E-state index in [1.54, 1.807) is 30.4 Å². The molecule has 0 aliphatic carbocycles. The number of hydrogen-bond donors (Lipinski definition) is 1. The number of halogens is 1. The van der Waals surface area contributed by atoms with Gasteiger partial charge in [-0.3, -0.25) is 4.72 Å². The van der Waals surface area contributed by atoms with Crippen molar-refractivity contribution in [2.75, 3.05) is 4.72 Å². The minimum Gasteiger partial charge on any atom is -0.279 e. The van der Waals surface area contributed by atoms with Gasteiger partial charge in [0.05, 0.1) is 29.6 Å². The molecule has 1 heterocycles. The molecule has 8 nitrogen and oxygen atoms in total. The van der Waals surface area contributed by atoms with Crippen LogP contribution in [-0.2, 0) is 16.6 Å². The summed E-state index contributed by atoms with van der Waals surface area (Å²) in [5.41, 5.74) is 0.506. The molecule has 1 N–H and O–H groups in total. The highest BCUT2D eigenvalue weighted by Crippen LogP contribution is 2.23. The van der Waals surface area contributed by atoms with Gasteiger partial charge in [0.25, 0.3) is 10.0 Å². The molecular formula is C18H15FN6O2S. The second-order valence-corrected chi connectivity index (χ2v) is 7.33. The Hall–Kier alpha value is -3.58. The zero-order valence-corrected chi connectivity index (χ0v) is 15.3. The summed E-state index contributed by atoms with van der Waals surface area (Å²) in [5.74, 6) is -0.196. The van der Waals surface area contributed by atoms with E-state index in [2.05, 4.69) is 20.2 Å². The molecule has 0 unspecified atom stereocenters. The van der Waals surface area contributed by atoms with Gasteiger partial charge in [0.2, 0.25) is 0 Å². The first-order chi connectivity index (χ1) is 13.5. The Kier molecular flexibility index (Phi) is 5.76. The molecule has 3 aromatic rings. The largest absolute Gasteiger partial charge is 0.279 e. The minimum absolute atomic E-state index is 0.0645. The number of nitrogens with zero attached hydrogens (tertiary/aromatic N) is 5. The average molecular weight is 398 g/mol. The zero-order valence-electron chi connectivity index (χ0n) is 14.5. The summed E-state index contributed by atoms with van der Waals surface area (Å²) in [6.07, 6.45) is 3.37. The number of sulfonamides is 1. The summed E-state index contributed by atoms with van der Waals surface area (Å²) in [5, 5.41) is 19.9. The topological polar surface area (TPSA) is 114 Å². The number of hydrogen-bond acceptors (Lipinski definition) is 6. The molecular weight excluding hydrogens is 383 g/mol. The highest BCUT2D eigenvalue weighted by atomic mass is 32.2. The number of anilines is 1. The lowest BCUT2D eigenvalue weighted by Crippen LogP contribution is -2.13. The molecule has 0 saturated carbocycles. The van der Waals surface area contributed by atoms with Crippen LogP contribution in [0.5, 0.6) is 0 Å². The van der Waals surface area contributed by atoms with E-state index >= 15 is 0 Å². The minimum atomic E-state index is -3.88. The van der Waals surface area contributed by atoms with Crippen molar-refractivity contribution in [1.29, 1.82) is 5.26 Å². The van der Waals surface area contributed by atoms with Gasteiger partial charge in [-0.25, -0.2) is 17.5 Å². The first-order valence-electron chi connectivity index (χ1n) is 8.18. The molecule has 3 rings (SSSR count). The van der Waals surface area contributed by atoms with Gasteiger partial charge < -0.3 is 0 Å². The smallest absolute Gasteiger partial charge is 0.261 e. The Bertz CT molecular complexity index is 1140. The Morgan fingerprint density at radius 3 is 2.71 bits per heavy atom. The fourth-order valence-electron chi connectivity index (χ4n) is 2.38. The van der Waals surface area contributed by atoms with Crippen molar-refractivity contribution >= 4 is 27.9 Å². The van der Waals surface area contributed by atoms with Gasteiger partial charge in [-0.2, -0.15) is 5.26 Å². The summed E-state index contributed by atoms with van der Waals surface area (Å²) in [6.45, 7) is 0.320. The summed E-state index contributed by atoms with van der Waals surface area (Å²) < 4.78 is 42.7. The Morgan fingerprint density at radius 2 is 1.96 bits per heavy atom.